The highest BCUT2D eigenvalue weighted by Gasteiger charge is 2.34. The van der Waals surface area contributed by atoms with E-state index in [-0.39, 0.29) is 23.8 Å². The van der Waals surface area contributed by atoms with Crippen LogP contribution in [0.2, 0.25) is 0 Å². The van der Waals surface area contributed by atoms with Crippen molar-refractivity contribution in [2.45, 2.75) is 31.6 Å². The molecular formula is C17H23NO3. The molecular weight excluding hydrogens is 266 g/mol. The van der Waals surface area contributed by atoms with Crippen molar-refractivity contribution < 1.29 is 14.6 Å². The number of aliphatic hydroxyl groups is 1. The summed E-state index contributed by atoms with van der Waals surface area (Å²) in [5, 5.41) is 12.7. The fourth-order valence-electron chi connectivity index (χ4n) is 3.42. The molecule has 4 nitrogen and oxygen atoms in total. The van der Waals surface area contributed by atoms with Crippen LogP contribution in [0.5, 0.6) is 0 Å². The van der Waals surface area contributed by atoms with Gasteiger partial charge in [-0.05, 0) is 36.8 Å². The van der Waals surface area contributed by atoms with Gasteiger partial charge in [-0.3, -0.25) is 4.79 Å². The van der Waals surface area contributed by atoms with E-state index in [1.54, 1.807) is 0 Å². The maximum atomic E-state index is 12.5. The van der Waals surface area contributed by atoms with Gasteiger partial charge in [0.2, 0.25) is 5.91 Å². The molecule has 1 saturated heterocycles. The maximum Gasteiger partial charge on any atom is 0.227 e. The summed E-state index contributed by atoms with van der Waals surface area (Å²) < 4.78 is 5.36. The van der Waals surface area contributed by atoms with Crippen molar-refractivity contribution in [1.82, 2.24) is 5.32 Å². The first-order valence-corrected chi connectivity index (χ1v) is 7.78. The molecule has 1 atom stereocenters. The van der Waals surface area contributed by atoms with Crippen molar-refractivity contribution in [2.75, 3.05) is 26.4 Å². The van der Waals surface area contributed by atoms with Crippen molar-refractivity contribution >= 4 is 5.91 Å². The van der Waals surface area contributed by atoms with Crippen LogP contribution in [0.1, 0.15) is 36.3 Å². The van der Waals surface area contributed by atoms with E-state index in [1.807, 2.05) is 12.1 Å². The Bertz CT molecular complexity index is 509. The Morgan fingerprint density at radius 2 is 2.10 bits per heavy atom. The second kappa shape index (κ2) is 6.16. The second-order valence-corrected chi connectivity index (χ2v) is 6.28. The van der Waals surface area contributed by atoms with Crippen LogP contribution in [-0.2, 0) is 16.0 Å². The Morgan fingerprint density at radius 3 is 2.86 bits per heavy atom. The minimum absolute atomic E-state index is 0.0308. The van der Waals surface area contributed by atoms with Gasteiger partial charge in [-0.25, -0.2) is 0 Å². The van der Waals surface area contributed by atoms with Crippen LogP contribution in [0.3, 0.4) is 0 Å². The van der Waals surface area contributed by atoms with Crippen molar-refractivity contribution in [2.24, 2.45) is 5.41 Å². The van der Waals surface area contributed by atoms with E-state index in [4.69, 9.17) is 4.74 Å². The smallest absolute Gasteiger partial charge is 0.227 e. The van der Waals surface area contributed by atoms with Gasteiger partial charge < -0.3 is 15.2 Å². The summed E-state index contributed by atoms with van der Waals surface area (Å²) in [6, 6.07) is 8.19. The molecule has 1 aliphatic carbocycles. The third kappa shape index (κ3) is 2.97. The van der Waals surface area contributed by atoms with Crippen molar-refractivity contribution in [3.63, 3.8) is 0 Å². The third-order valence-corrected chi connectivity index (χ3v) is 4.98. The van der Waals surface area contributed by atoms with Crippen LogP contribution in [-0.4, -0.2) is 37.4 Å². The Hall–Kier alpha value is -1.39. The molecule has 4 heteroatoms. The quantitative estimate of drug-likeness (QED) is 0.885. The zero-order valence-corrected chi connectivity index (χ0v) is 12.3. The summed E-state index contributed by atoms with van der Waals surface area (Å²) in [5.74, 6) is 0.0658. The fourth-order valence-corrected chi connectivity index (χ4v) is 3.42. The lowest BCUT2D eigenvalue weighted by Gasteiger charge is -2.35. The van der Waals surface area contributed by atoms with Crippen LogP contribution in [0.25, 0.3) is 0 Å². The van der Waals surface area contributed by atoms with E-state index in [1.165, 1.54) is 11.1 Å². The van der Waals surface area contributed by atoms with Gasteiger partial charge >= 0.3 is 0 Å². The first-order chi connectivity index (χ1) is 10.2. The van der Waals surface area contributed by atoms with Gasteiger partial charge in [-0.15, -0.1) is 0 Å². The second-order valence-electron chi connectivity index (χ2n) is 6.28. The molecule has 1 unspecified atom stereocenters. The number of ether oxygens (including phenoxy) is 1. The highest BCUT2D eigenvalue weighted by Crippen LogP contribution is 2.34. The lowest BCUT2D eigenvalue weighted by atomic mass is 9.81. The lowest BCUT2D eigenvalue weighted by Crippen LogP contribution is -2.44. The van der Waals surface area contributed by atoms with Crippen molar-refractivity contribution in [3.8, 4) is 0 Å². The average molecular weight is 289 g/mol. The fraction of sp³-hybridized carbons (Fsp3) is 0.588. The number of amides is 1. The van der Waals surface area contributed by atoms with E-state index in [0.717, 1.165) is 25.7 Å². The molecule has 3 rings (SSSR count). The molecule has 0 aromatic heterocycles. The number of rotatable bonds is 4. The summed E-state index contributed by atoms with van der Waals surface area (Å²) in [6.45, 7) is 1.99. The van der Waals surface area contributed by atoms with Crippen molar-refractivity contribution in [3.05, 3.63) is 35.4 Å². The molecule has 0 radical (unpaired) electrons. The minimum atomic E-state index is -0.202. The topological polar surface area (TPSA) is 58.6 Å². The first kappa shape index (κ1) is 14.5. The number of carbonyl (C=O) groups is 1. The number of nitrogens with one attached hydrogen (secondary N) is 1. The largest absolute Gasteiger partial charge is 0.396 e. The highest BCUT2D eigenvalue weighted by molar-refractivity contribution is 5.84. The third-order valence-electron chi connectivity index (χ3n) is 4.98. The Labute approximate surface area is 125 Å². The van der Waals surface area contributed by atoms with Crippen LogP contribution in [0.15, 0.2) is 24.3 Å². The molecule has 0 spiro atoms. The molecule has 1 fully saturated rings. The molecule has 0 bridgehead atoms. The number of aryl methyl sites for hydroxylation is 1. The Kier molecular flexibility index (Phi) is 4.27. The molecule has 1 aromatic rings. The monoisotopic (exact) mass is 289 g/mol. The Balaban J connectivity index is 1.62. The molecule has 114 valence electrons. The van der Waals surface area contributed by atoms with Crippen LogP contribution in [0.4, 0.5) is 0 Å². The van der Waals surface area contributed by atoms with Gasteiger partial charge in [0.25, 0.3) is 0 Å². The molecule has 2 aliphatic rings. The number of hydrogen-bond acceptors (Lipinski definition) is 3. The molecule has 1 aliphatic heterocycles. The van der Waals surface area contributed by atoms with E-state index in [9.17, 15) is 9.90 Å². The predicted molar refractivity (Wildman–Crippen MR) is 80.1 cm³/mol. The van der Waals surface area contributed by atoms with Crippen LogP contribution in [0, 0.1) is 5.41 Å². The number of hydrogen-bond donors (Lipinski definition) is 2. The minimum Gasteiger partial charge on any atom is -0.396 e. The van der Waals surface area contributed by atoms with Gasteiger partial charge in [0.1, 0.15) is 0 Å². The van der Waals surface area contributed by atoms with Gasteiger partial charge in [0.15, 0.2) is 0 Å². The number of carbonyl (C=O) groups excluding carboxylic acids is 1. The SMILES string of the molecule is O=C(NCC1(CO)CCOCC1)C1CCc2ccccc21. The van der Waals surface area contributed by atoms with E-state index < -0.39 is 0 Å². The average Bonchev–Trinajstić information content (AvgIpc) is 2.98. The first-order valence-electron chi connectivity index (χ1n) is 7.78. The number of benzene rings is 1. The molecule has 1 aromatic carbocycles. The lowest BCUT2D eigenvalue weighted by molar-refractivity contribution is -0.123. The number of fused-ring (bicyclic) bond motifs is 1. The zero-order valence-electron chi connectivity index (χ0n) is 12.3. The maximum absolute atomic E-state index is 12.5. The van der Waals surface area contributed by atoms with E-state index in [0.29, 0.717) is 19.8 Å². The number of aliphatic hydroxyl groups excluding tert-OH is 1. The van der Waals surface area contributed by atoms with Gasteiger partial charge in [0, 0.05) is 25.2 Å². The van der Waals surface area contributed by atoms with E-state index in [2.05, 4.69) is 17.4 Å². The molecule has 0 saturated carbocycles. The van der Waals surface area contributed by atoms with Gasteiger partial charge in [-0.2, -0.15) is 0 Å². The van der Waals surface area contributed by atoms with E-state index >= 15 is 0 Å². The zero-order chi connectivity index (χ0) is 14.7. The summed E-state index contributed by atoms with van der Waals surface area (Å²) in [4.78, 5) is 12.5. The molecule has 1 amide bonds. The summed E-state index contributed by atoms with van der Waals surface area (Å²) in [5.41, 5.74) is 2.26. The van der Waals surface area contributed by atoms with Crippen molar-refractivity contribution in [1.29, 1.82) is 0 Å². The standard InChI is InChI=1S/C17H23NO3/c19-12-17(7-9-21-10-8-17)11-18-16(20)15-6-5-13-3-1-2-4-14(13)15/h1-4,15,19H,5-12H2,(H,18,20). The summed E-state index contributed by atoms with van der Waals surface area (Å²) in [7, 11) is 0. The van der Waals surface area contributed by atoms with Gasteiger partial charge in [-0.1, -0.05) is 24.3 Å². The molecule has 1 heterocycles. The van der Waals surface area contributed by atoms with Crippen LogP contribution < -0.4 is 5.32 Å². The highest BCUT2D eigenvalue weighted by atomic mass is 16.5. The normalized spacial score (nSPS) is 23.6. The summed E-state index contributed by atoms with van der Waals surface area (Å²) >= 11 is 0. The molecule has 21 heavy (non-hydrogen) atoms. The molecule has 2 N–H and O–H groups in total. The van der Waals surface area contributed by atoms with Crippen LogP contribution >= 0.6 is 0 Å². The Morgan fingerprint density at radius 1 is 1.33 bits per heavy atom. The van der Waals surface area contributed by atoms with Gasteiger partial charge in [0.05, 0.1) is 12.5 Å². The predicted octanol–water partition coefficient (Wildman–Crippen LogP) is 1.62. The summed E-state index contributed by atoms with van der Waals surface area (Å²) in [6.07, 6.45) is 3.49.